The van der Waals surface area contributed by atoms with E-state index in [4.69, 9.17) is 16.3 Å². The lowest BCUT2D eigenvalue weighted by atomic mass is 10.1. The van der Waals surface area contributed by atoms with Gasteiger partial charge in [-0.15, -0.1) is 10.2 Å². The Morgan fingerprint density at radius 1 is 1.11 bits per heavy atom. The molecule has 1 aromatic heterocycles. The number of hydrogen-bond donors (Lipinski definition) is 1. The molecule has 1 aliphatic rings. The Labute approximate surface area is 167 Å². The lowest BCUT2D eigenvalue weighted by molar-refractivity contribution is 0.225. The van der Waals surface area contributed by atoms with Gasteiger partial charge in [-0.3, -0.25) is 0 Å². The molecule has 0 bridgehead atoms. The second-order valence-electron chi connectivity index (χ2n) is 6.16. The fourth-order valence-corrected chi connectivity index (χ4v) is 3.94. The molecule has 3 aromatic rings. The zero-order chi connectivity index (χ0) is 18.6. The van der Waals surface area contributed by atoms with E-state index in [1.807, 2.05) is 48.5 Å². The third-order valence-corrected chi connectivity index (χ3v) is 5.52. The van der Waals surface area contributed by atoms with Crippen LogP contribution in [-0.2, 0) is 0 Å². The fraction of sp³-hybridized carbons (Fsp3) is 0.250. The topological polar surface area (TPSA) is 59.9 Å². The van der Waals surface area contributed by atoms with Gasteiger partial charge in [0.1, 0.15) is 0 Å². The SMILES string of the molecule is CCCCSc1nnc2c(n1)O[C@H](c1ccccc1Cl)Nc1ccccc1-2. The van der Waals surface area contributed by atoms with Crippen LogP contribution in [0.5, 0.6) is 5.88 Å². The number of rotatable bonds is 5. The third-order valence-electron chi connectivity index (χ3n) is 4.25. The maximum atomic E-state index is 6.41. The molecule has 4 rings (SSSR count). The summed E-state index contributed by atoms with van der Waals surface area (Å²) in [5.74, 6) is 1.42. The second-order valence-corrected chi connectivity index (χ2v) is 7.63. The van der Waals surface area contributed by atoms with E-state index in [1.54, 1.807) is 11.8 Å². The quantitative estimate of drug-likeness (QED) is 0.446. The van der Waals surface area contributed by atoms with Crippen LogP contribution in [0.15, 0.2) is 53.7 Å². The maximum Gasteiger partial charge on any atom is 0.247 e. The van der Waals surface area contributed by atoms with Crippen LogP contribution in [0.1, 0.15) is 31.6 Å². The number of halogens is 1. The fourth-order valence-electron chi connectivity index (χ4n) is 2.84. The molecule has 27 heavy (non-hydrogen) atoms. The van der Waals surface area contributed by atoms with Crippen LogP contribution in [-0.4, -0.2) is 20.9 Å². The minimum absolute atomic E-state index is 0.464. The van der Waals surface area contributed by atoms with Crippen molar-refractivity contribution in [3.63, 3.8) is 0 Å². The predicted octanol–water partition coefficient (Wildman–Crippen LogP) is 5.59. The minimum atomic E-state index is -0.466. The number of fused-ring (bicyclic) bond motifs is 3. The highest BCUT2D eigenvalue weighted by atomic mass is 35.5. The Kier molecular flexibility index (Phi) is 5.45. The van der Waals surface area contributed by atoms with Gasteiger partial charge < -0.3 is 10.1 Å². The number of benzene rings is 2. The molecule has 0 spiro atoms. The molecule has 0 aliphatic carbocycles. The van der Waals surface area contributed by atoms with Crippen molar-refractivity contribution >= 4 is 29.1 Å². The van der Waals surface area contributed by atoms with E-state index >= 15 is 0 Å². The summed E-state index contributed by atoms with van der Waals surface area (Å²) in [6.45, 7) is 2.16. The number of para-hydroxylation sites is 1. The molecule has 0 saturated carbocycles. The van der Waals surface area contributed by atoms with Gasteiger partial charge in [0.05, 0.1) is 0 Å². The summed E-state index contributed by atoms with van der Waals surface area (Å²) in [4.78, 5) is 4.63. The number of aromatic nitrogens is 3. The number of anilines is 1. The minimum Gasteiger partial charge on any atom is -0.448 e. The van der Waals surface area contributed by atoms with Gasteiger partial charge in [0.25, 0.3) is 0 Å². The number of nitrogens with one attached hydrogen (secondary N) is 1. The maximum absolute atomic E-state index is 6.41. The van der Waals surface area contributed by atoms with Crippen LogP contribution >= 0.6 is 23.4 Å². The van der Waals surface area contributed by atoms with Crippen LogP contribution in [0.4, 0.5) is 5.69 Å². The average Bonchev–Trinajstić information content (AvgIpc) is 2.85. The smallest absolute Gasteiger partial charge is 0.247 e. The van der Waals surface area contributed by atoms with E-state index < -0.39 is 6.23 Å². The molecule has 0 unspecified atom stereocenters. The average molecular weight is 399 g/mol. The first-order chi connectivity index (χ1) is 13.3. The summed E-state index contributed by atoms with van der Waals surface area (Å²) in [7, 11) is 0. The van der Waals surface area contributed by atoms with Crippen molar-refractivity contribution < 1.29 is 4.74 Å². The molecular weight excluding hydrogens is 380 g/mol. The normalized spacial score (nSPS) is 15.1. The predicted molar refractivity (Wildman–Crippen MR) is 109 cm³/mol. The molecule has 0 fully saturated rings. The first-order valence-corrected chi connectivity index (χ1v) is 10.3. The van der Waals surface area contributed by atoms with E-state index in [-0.39, 0.29) is 0 Å². The van der Waals surface area contributed by atoms with Crippen molar-refractivity contribution in [2.75, 3.05) is 11.1 Å². The van der Waals surface area contributed by atoms with E-state index in [0.29, 0.717) is 21.8 Å². The van der Waals surface area contributed by atoms with Crippen LogP contribution in [0, 0.1) is 0 Å². The molecule has 7 heteroatoms. The molecule has 2 heterocycles. The first-order valence-electron chi connectivity index (χ1n) is 8.91. The number of hydrogen-bond acceptors (Lipinski definition) is 6. The number of thioether (sulfide) groups is 1. The van der Waals surface area contributed by atoms with Crippen LogP contribution < -0.4 is 10.1 Å². The van der Waals surface area contributed by atoms with Gasteiger partial charge in [0, 0.05) is 27.6 Å². The summed E-state index contributed by atoms with van der Waals surface area (Å²) in [5.41, 5.74) is 3.30. The zero-order valence-corrected chi connectivity index (χ0v) is 16.4. The molecule has 0 amide bonds. The summed E-state index contributed by atoms with van der Waals surface area (Å²) >= 11 is 8.00. The summed E-state index contributed by atoms with van der Waals surface area (Å²) < 4.78 is 6.23. The highest BCUT2D eigenvalue weighted by Crippen LogP contribution is 2.40. The largest absolute Gasteiger partial charge is 0.448 e. The van der Waals surface area contributed by atoms with Crippen molar-refractivity contribution in [3.05, 3.63) is 59.1 Å². The molecule has 138 valence electrons. The monoisotopic (exact) mass is 398 g/mol. The van der Waals surface area contributed by atoms with Crippen molar-refractivity contribution in [1.29, 1.82) is 0 Å². The van der Waals surface area contributed by atoms with E-state index in [1.165, 1.54) is 0 Å². The van der Waals surface area contributed by atoms with Crippen molar-refractivity contribution in [2.24, 2.45) is 0 Å². The van der Waals surface area contributed by atoms with Gasteiger partial charge >= 0.3 is 0 Å². The molecule has 0 radical (unpaired) electrons. The van der Waals surface area contributed by atoms with Crippen molar-refractivity contribution in [3.8, 4) is 17.1 Å². The molecule has 0 saturated heterocycles. The van der Waals surface area contributed by atoms with Gasteiger partial charge in [-0.1, -0.05) is 73.1 Å². The Hall–Kier alpha value is -2.31. The lowest BCUT2D eigenvalue weighted by Gasteiger charge is -2.20. The van der Waals surface area contributed by atoms with Gasteiger partial charge in [-0.2, -0.15) is 4.98 Å². The Bertz CT molecular complexity index is 953. The molecule has 5 nitrogen and oxygen atoms in total. The highest BCUT2D eigenvalue weighted by Gasteiger charge is 2.27. The lowest BCUT2D eigenvalue weighted by Crippen LogP contribution is -2.17. The number of unbranched alkanes of at least 4 members (excludes halogenated alkanes) is 1. The van der Waals surface area contributed by atoms with E-state index in [0.717, 1.165) is 35.4 Å². The van der Waals surface area contributed by atoms with Crippen LogP contribution in [0.2, 0.25) is 5.02 Å². The zero-order valence-electron chi connectivity index (χ0n) is 14.9. The summed E-state index contributed by atoms with van der Waals surface area (Å²) in [6, 6.07) is 15.5. The third kappa shape index (κ3) is 3.87. The highest BCUT2D eigenvalue weighted by molar-refractivity contribution is 7.99. The van der Waals surface area contributed by atoms with Gasteiger partial charge in [-0.25, -0.2) is 0 Å². The van der Waals surface area contributed by atoms with E-state index in [9.17, 15) is 0 Å². The number of ether oxygens (including phenoxy) is 1. The number of nitrogens with zero attached hydrogens (tertiary/aromatic N) is 3. The summed E-state index contributed by atoms with van der Waals surface area (Å²) in [6.07, 6.45) is 1.78. The summed E-state index contributed by atoms with van der Waals surface area (Å²) in [5, 5.41) is 13.4. The van der Waals surface area contributed by atoms with Gasteiger partial charge in [0.15, 0.2) is 11.9 Å². The molecule has 1 aliphatic heterocycles. The molecular formula is C20H19ClN4OS. The van der Waals surface area contributed by atoms with Gasteiger partial charge in [0.2, 0.25) is 11.0 Å². The second kappa shape index (κ2) is 8.15. The van der Waals surface area contributed by atoms with Crippen LogP contribution in [0.25, 0.3) is 11.3 Å². The molecule has 1 N–H and O–H groups in total. The van der Waals surface area contributed by atoms with Gasteiger partial charge in [-0.05, 0) is 18.6 Å². The van der Waals surface area contributed by atoms with Crippen LogP contribution in [0.3, 0.4) is 0 Å². The van der Waals surface area contributed by atoms with E-state index in [2.05, 4.69) is 27.4 Å². The Balaban J connectivity index is 1.76. The van der Waals surface area contributed by atoms with Crippen molar-refractivity contribution in [1.82, 2.24) is 15.2 Å². The molecule has 2 aromatic carbocycles. The standard InChI is InChI=1S/C20H19ClN4OS/c1-2-3-12-27-20-23-19-17(24-25-20)14-9-5-7-11-16(14)22-18(26-19)13-8-4-6-10-15(13)21/h4-11,18,22H,2-3,12H2,1H3/t18-/m1/s1. The van der Waals surface area contributed by atoms with Crippen molar-refractivity contribution in [2.45, 2.75) is 31.1 Å². The first kappa shape index (κ1) is 18.1. The Morgan fingerprint density at radius 2 is 1.93 bits per heavy atom. The molecule has 1 atom stereocenters. The Morgan fingerprint density at radius 3 is 2.78 bits per heavy atom.